The highest BCUT2D eigenvalue weighted by molar-refractivity contribution is 7.13. The van der Waals surface area contributed by atoms with E-state index >= 15 is 0 Å². The summed E-state index contributed by atoms with van der Waals surface area (Å²) in [7, 11) is 0. The molecule has 3 rings (SSSR count). The average Bonchev–Trinajstić information content (AvgIpc) is 3.04. The van der Waals surface area contributed by atoms with E-state index in [9.17, 15) is 4.79 Å². The number of carbonyl (C=O) groups is 1. The van der Waals surface area contributed by atoms with Gasteiger partial charge < -0.3 is 10.6 Å². The van der Waals surface area contributed by atoms with E-state index in [4.69, 9.17) is 11.6 Å². The zero-order valence-electron chi connectivity index (χ0n) is 13.4. The first-order chi connectivity index (χ1) is 12.2. The Morgan fingerprint density at radius 1 is 1.16 bits per heavy atom. The molecule has 2 N–H and O–H groups in total. The highest BCUT2D eigenvalue weighted by Gasteiger charge is 2.08. The van der Waals surface area contributed by atoms with Crippen LogP contribution >= 0.6 is 22.9 Å². The molecular weight excluding hydrogens is 356 g/mol. The van der Waals surface area contributed by atoms with Crippen LogP contribution in [0.2, 0.25) is 5.02 Å². The number of hydrogen-bond donors (Lipinski definition) is 2. The van der Waals surface area contributed by atoms with E-state index in [-0.39, 0.29) is 12.3 Å². The van der Waals surface area contributed by atoms with Crippen molar-refractivity contribution in [3.63, 3.8) is 0 Å². The van der Waals surface area contributed by atoms with Crippen LogP contribution in [0, 0.1) is 0 Å². The molecule has 0 aliphatic carbocycles. The summed E-state index contributed by atoms with van der Waals surface area (Å²) in [6.07, 6.45) is 2.75. The van der Waals surface area contributed by atoms with Gasteiger partial charge in [0.15, 0.2) is 5.13 Å². The molecule has 3 aromatic rings. The van der Waals surface area contributed by atoms with Crippen LogP contribution in [0.4, 0.5) is 10.9 Å². The van der Waals surface area contributed by atoms with E-state index in [0.29, 0.717) is 11.6 Å². The van der Waals surface area contributed by atoms with Crippen LogP contribution in [-0.4, -0.2) is 22.4 Å². The summed E-state index contributed by atoms with van der Waals surface area (Å²) >= 11 is 7.31. The molecular formula is C18H17ClN4OS. The van der Waals surface area contributed by atoms with Crippen molar-refractivity contribution in [1.29, 1.82) is 0 Å². The molecule has 2 heterocycles. The second-order valence-corrected chi connectivity index (χ2v) is 6.68. The number of halogens is 1. The Morgan fingerprint density at radius 2 is 2.00 bits per heavy atom. The van der Waals surface area contributed by atoms with E-state index in [2.05, 4.69) is 20.6 Å². The predicted octanol–water partition coefficient (Wildman–Crippen LogP) is 3.84. The second kappa shape index (κ2) is 8.60. The zero-order valence-corrected chi connectivity index (χ0v) is 15.0. The van der Waals surface area contributed by atoms with Crippen molar-refractivity contribution in [2.75, 3.05) is 11.9 Å². The number of hydrogen-bond acceptors (Lipinski definition) is 5. The fourth-order valence-electron chi connectivity index (χ4n) is 2.22. The summed E-state index contributed by atoms with van der Waals surface area (Å²) in [6, 6.07) is 13.2. The lowest BCUT2D eigenvalue weighted by molar-refractivity contribution is -0.120. The van der Waals surface area contributed by atoms with E-state index in [0.717, 1.165) is 28.6 Å². The van der Waals surface area contributed by atoms with Gasteiger partial charge in [0.2, 0.25) is 5.91 Å². The Bertz CT molecular complexity index is 821. The van der Waals surface area contributed by atoms with E-state index < -0.39 is 0 Å². The molecule has 0 aliphatic heterocycles. The lowest BCUT2D eigenvalue weighted by atomic mass is 10.1. The minimum absolute atomic E-state index is 0.0383. The molecule has 5 nitrogen and oxygen atoms in total. The van der Waals surface area contributed by atoms with Crippen LogP contribution in [0.5, 0.6) is 0 Å². The highest BCUT2D eigenvalue weighted by Crippen LogP contribution is 2.19. The van der Waals surface area contributed by atoms with Crippen LogP contribution in [0.15, 0.2) is 54.0 Å². The highest BCUT2D eigenvalue weighted by atomic mass is 35.5. The molecule has 1 aromatic carbocycles. The van der Waals surface area contributed by atoms with Crippen molar-refractivity contribution in [1.82, 2.24) is 15.3 Å². The quantitative estimate of drug-likeness (QED) is 0.661. The van der Waals surface area contributed by atoms with Crippen LogP contribution < -0.4 is 10.6 Å². The van der Waals surface area contributed by atoms with Gasteiger partial charge in [-0.25, -0.2) is 9.97 Å². The van der Waals surface area contributed by atoms with Crippen molar-refractivity contribution >= 4 is 39.8 Å². The van der Waals surface area contributed by atoms with Crippen LogP contribution in [0.25, 0.3) is 0 Å². The molecule has 2 aromatic heterocycles. The summed E-state index contributed by atoms with van der Waals surface area (Å²) in [5.74, 6) is 0.694. The largest absolute Gasteiger partial charge is 0.355 e. The molecule has 0 radical (unpaired) electrons. The summed E-state index contributed by atoms with van der Waals surface area (Å²) in [6.45, 7) is 0.587. The topological polar surface area (TPSA) is 66.9 Å². The molecule has 0 fully saturated rings. The van der Waals surface area contributed by atoms with Gasteiger partial charge in [0, 0.05) is 23.1 Å². The molecule has 1 amide bonds. The van der Waals surface area contributed by atoms with Gasteiger partial charge >= 0.3 is 0 Å². The molecule has 25 heavy (non-hydrogen) atoms. The lowest BCUT2D eigenvalue weighted by Gasteiger charge is -2.04. The van der Waals surface area contributed by atoms with Crippen LogP contribution in [-0.2, 0) is 17.6 Å². The maximum Gasteiger partial charge on any atom is 0.226 e. The Hall–Kier alpha value is -2.44. The summed E-state index contributed by atoms with van der Waals surface area (Å²) in [5, 5.41) is 9.35. The lowest BCUT2D eigenvalue weighted by Crippen LogP contribution is -2.27. The number of pyridine rings is 1. The van der Waals surface area contributed by atoms with Gasteiger partial charge in [-0.2, -0.15) is 0 Å². The minimum Gasteiger partial charge on any atom is -0.355 e. The summed E-state index contributed by atoms with van der Waals surface area (Å²) in [4.78, 5) is 20.6. The number of carbonyl (C=O) groups excluding carboxylic acids is 1. The summed E-state index contributed by atoms with van der Waals surface area (Å²) in [5.41, 5.74) is 1.88. The Balaban J connectivity index is 1.44. The molecule has 0 bridgehead atoms. The first-order valence-electron chi connectivity index (χ1n) is 7.82. The molecule has 128 valence electrons. The van der Waals surface area contributed by atoms with E-state index in [1.165, 1.54) is 11.3 Å². The van der Waals surface area contributed by atoms with Crippen molar-refractivity contribution in [3.8, 4) is 0 Å². The Morgan fingerprint density at radius 3 is 2.76 bits per heavy atom. The van der Waals surface area contributed by atoms with Gasteiger partial charge in [-0.05, 0) is 36.2 Å². The number of thiazole rings is 1. The van der Waals surface area contributed by atoms with Crippen molar-refractivity contribution < 1.29 is 4.79 Å². The third kappa shape index (κ3) is 5.55. The zero-order chi connectivity index (χ0) is 17.5. The molecule has 0 saturated heterocycles. The van der Waals surface area contributed by atoms with Gasteiger partial charge in [0.25, 0.3) is 0 Å². The number of rotatable bonds is 7. The van der Waals surface area contributed by atoms with Gasteiger partial charge in [-0.15, -0.1) is 11.3 Å². The van der Waals surface area contributed by atoms with Crippen molar-refractivity contribution in [3.05, 3.63) is 70.3 Å². The van der Waals surface area contributed by atoms with Gasteiger partial charge in [-0.1, -0.05) is 29.8 Å². The number of nitrogens with one attached hydrogen (secondary N) is 2. The molecule has 0 aliphatic rings. The molecule has 7 heteroatoms. The maximum atomic E-state index is 12.0. The van der Waals surface area contributed by atoms with Crippen LogP contribution in [0.3, 0.4) is 0 Å². The minimum atomic E-state index is -0.0383. The van der Waals surface area contributed by atoms with Gasteiger partial charge in [0.05, 0.1) is 12.1 Å². The van der Waals surface area contributed by atoms with E-state index in [1.807, 2.05) is 47.8 Å². The Kier molecular flexibility index (Phi) is 5.98. The third-order valence-corrected chi connectivity index (χ3v) is 4.50. The number of benzene rings is 1. The third-order valence-electron chi connectivity index (χ3n) is 3.44. The smallest absolute Gasteiger partial charge is 0.226 e. The molecule has 0 spiro atoms. The number of anilines is 2. The first-order valence-corrected chi connectivity index (χ1v) is 9.08. The Labute approximate surface area is 155 Å². The standard InChI is InChI=1S/C18H17ClN4OS/c19-14-6-4-13(5-7-14)8-10-21-17(24)11-15-12-25-18(22-15)23-16-3-1-2-9-20-16/h1-7,9,12H,8,10-11H2,(H,21,24)(H,20,22,23). The number of amides is 1. The normalized spacial score (nSPS) is 10.4. The molecule has 0 atom stereocenters. The van der Waals surface area contributed by atoms with Gasteiger partial charge in [-0.3, -0.25) is 4.79 Å². The van der Waals surface area contributed by atoms with Crippen molar-refractivity contribution in [2.45, 2.75) is 12.8 Å². The number of nitrogens with zero attached hydrogens (tertiary/aromatic N) is 2. The summed E-state index contributed by atoms with van der Waals surface area (Å²) < 4.78 is 0. The SMILES string of the molecule is O=C(Cc1csc(Nc2ccccn2)n1)NCCc1ccc(Cl)cc1. The van der Waals surface area contributed by atoms with E-state index in [1.54, 1.807) is 6.20 Å². The first kappa shape index (κ1) is 17.4. The average molecular weight is 373 g/mol. The maximum absolute atomic E-state index is 12.0. The molecule has 0 unspecified atom stereocenters. The van der Waals surface area contributed by atoms with Gasteiger partial charge in [0.1, 0.15) is 5.82 Å². The predicted molar refractivity (Wildman–Crippen MR) is 102 cm³/mol. The van der Waals surface area contributed by atoms with Crippen LogP contribution in [0.1, 0.15) is 11.3 Å². The second-order valence-electron chi connectivity index (χ2n) is 5.39. The molecule has 0 saturated carbocycles. The fourth-order valence-corrected chi connectivity index (χ4v) is 3.06. The number of aromatic nitrogens is 2. The van der Waals surface area contributed by atoms with Crippen molar-refractivity contribution in [2.24, 2.45) is 0 Å². The fraction of sp³-hybridized carbons (Fsp3) is 0.167. The monoisotopic (exact) mass is 372 g/mol.